The van der Waals surface area contributed by atoms with Crippen LogP contribution in [0.4, 0.5) is 10.2 Å². The minimum Gasteiger partial charge on any atom is -0.491 e. The zero-order valence-electron chi connectivity index (χ0n) is 21.3. The maximum Gasteiger partial charge on any atom is 0.146 e. The van der Waals surface area contributed by atoms with Gasteiger partial charge in [-0.15, -0.1) is 0 Å². The number of rotatable bonds is 6. The van der Waals surface area contributed by atoms with Crippen molar-refractivity contribution in [2.24, 2.45) is 0 Å². The van der Waals surface area contributed by atoms with Crippen molar-refractivity contribution in [1.29, 1.82) is 0 Å². The van der Waals surface area contributed by atoms with Crippen LogP contribution in [0.15, 0.2) is 36.8 Å². The number of aromatic nitrogens is 3. The van der Waals surface area contributed by atoms with Crippen LogP contribution in [0.3, 0.4) is 0 Å². The van der Waals surface area contributed by atoms with Crippen molar-refractivity contribution in [2.75, 3.05) is 25.4 Å². The summed E-state index contributed by atoms with van der Waals surface area (Å²) in [6.07, 6.45) is 13.0. The van der Waals surface area contributed by atoms with Gasteiger partial charge in [0.25, 0.3) is 0 Å². The Balaban J connectivity index is 1.14. The van der Waals surface area contributed by atoms with Crippen LogP contribution in [0.1, 0.15) is 63.8 Å². The van der Waals surface area contributed by atoms with Crippen molar-refractivity contribution in [3.63, 3.8) is 0 Å². The summed E-state index contributed by atoms with van der Waals surface area (Å²) in [6.45, 7) is 2.09. The van der Waals surface area contributed by atoms with Crippen LogP contribution in [0.25, 0.3) is 22.2 Å². The summed E-state index contributed by atoms with van der Waals surface area (Å²) in [7, 11) is 0. The number of nitrogens with zero attached hydrogens (tertiary/aromatic N) is 4. The van der Waals surface area contributed by atoms with Crippen LogP contribution in [0, 0.1) is 0 Å². The second kappa shape index (κ2) is 9.24. The number of anilines is 1. The minimum absolute atomic E-state index is 0.103. The summed E-state index contributed by atoms with van der Waals surface area (Å²) in [5, 5.41) is 0.901. The maximum atomic E-state index is 13.8. The Morgan fingerprint density at radius 3 is 2.59 bits per heavy atom. The van der Waals surface area contributed by atoms with Crippen molar-refractivity contribution in [1.82, 2.24) is 19.4 Å². The highest BCUT2D eigenvalue weighted by Gasteiger charge is 2.46. The van der Waals surface area contributed by atoms with Gasteiger partial charge in [-0.1, -0.05) is 12.1 Å². The molecule has 196 valence electrons. The van der Waals surface area contributed by atoms with Gasteiger partial charge in [0.2, 0.25) is 0 Å². The fourth-order valence-electron chi connectivity index (χ4n) is 7.24. The lowest BCUT2D eigenvalue weighted by molar-refractivity contribution is -0.0198. The first-order chi connectivity index (χ1) is 18.1. The molecule has 3 aliphatic heterocycles. The molecular formula is C29H36FN5O2. The number of benzene rings is 1. The fraction of sp³-hybridized carbons (Fsp3) is 0.586. The summed E-state index contributed by atoms with van der Waals surface area (Å²) in [4.78, 5) is 11.3. The molecule has 5 heterocycles. The fourth-order valence-corrected chi connectivity index (χ4v) is 7.24. The molecule has 2 N–H and O–H groups in total. The third-order valence-corrected chi connectivity index (χ3v) is 9.28. The van der Waals surface area contributed by atoms with Crippen LogP contribution >= 0.6 is 0 Å². The molecule has 8 heteroatoms. The SMILES string of the molecule is Nc1ncnc2c1c(-c1cccc(OCC34CCC(CC3)O4)c1)cn2[C@H]1CC[C@H](N2CC[C@@H](F)C2)CC1. The van der Waals surface area contributed by atoms with E-state index in [1.165, 1.54) is 0 Å². The van der Waals surface area contributed by atoms with Gasteiger partial charge in [0, 0.05) is 36.9 Å². The molecule has 1 aromatic carbocycles. The Morgan fingerprint density at radius 2 is 1.86 bits per heavy atom. The number of likely N-dealkylation sites (tertiary alicyclic amines) is 1. The molecule has 4 aliphatic rings. The van der Waals surface area contributed by atoms with Crippen LogP contribution in [0.5, 0.6) is 5.75 Å². The summed E-state index contributed by atoms with van der Waals surface area (Å²) in [5.74, 6) is 1.35. The molecule has 7 nitrogen and oxygen atoms in total. The number of hydrogen-bond donors (Lipinski definition) is 1. The van der Waals surface area contributed by atoms with Crippen molar-refractivity contribution in [3.05, 3.63) is 36.8 Å². The van der Waals surface area contributed by atoms with Gasteiger partial charge in [-0.2, -0.15) is 0 Å². The van der Waals surface area contributed by atoms with Crippen LogP contribution in [-0.4, -0.2) is 63.0 Å². The third-order valence-electron chi connectivity index (χ3n) is 9.28. The molecule has 7 rings (SSSR count). The molecule has 1 saturated carbocycles. The number of nitrogens with two attached hydrogens (primary N) is 1. The number of hydrogen-bond acceptors (Lipinski definition) is 6. The number of fused-ring (bicyclic) bond motifs is 3. The molecule has 2 aromatic heterocycles. The van der Waals surface area contributed by atoms with E-state index in [0.717, 1.165) is 85.8 Å². The molecule has 0 spiro atoms. The average molecular weight is 506 g/mol. The molecule has 37 heavy (non-hydrogen) atoms. The van der Waals surface area contributed by atoms with Crippen molar-refractivity contribution >= 4 is 16.9 Å². The quantitative estimate of drug-likeness (QED) is 0.490. The first-order valence-electron chi connectivity index (χ1n) is 14.0. The van der Waals surface area contributed by atoms with E-state index in [0.29, 0.717) is 43.6 Å². The highest BCUT2D eigenvalue weighted by Crippen LogP contribution is 2.44. The van der Waals surface area contributed by atoms with Crippen LogP contribution in [-0.2, 0) is 4.74 Å². The average Bonchev–Trinajstić information content (AvgIpc) is 3.72. The number of halogens is 1. The molecule has 0 unspecified atom stereocenters. The van der Waals surface area contributed by atoms with E-state index < -0.39 is 6.17 Å². The largest absolute Gasteiger partial charge is 0.491 e. The Hall–Kier alpha value is -2.71. The van der Waals surface area contributed by atoms with Gasteiger partial charge >= 0.3 is 0 Å². The van der Waals surface area contributed by atoms with E-state index in [9.17, 15) is 4.39 Å². The summed E-state index contributed by atoms with van der Waals surface area (Å²) < 4.78 is 28.5. The summed E-state index contributed by atoms with van der Waals surface area (Å²) in [6, 6.07) is 9.09. The second-order valence-electron chi connectivity index (χ2n) is 11.6. The third kappa shape index (κ3) is 4.28. The molecule has 0 radical (unpaired) electrons. The Labute approximate surface area is 217 Å². The summed E-state index contributed by atoms with van der Waals surface area (Å²) in [5.41, 5.74) is 9.29. The van der Waals surface area contributed by atoms with E-state index in [4.69, 9.17) is 15.2 Å². The van der Waals surface area contributed by atoms with E-state index in [-0.39, 0.29) is 5.60 Å². The maximum absolute atomic E-state index is 13.8. The first-order valence-corrected chi connectivity index (χ1v) is 14.0. The zero-order chi connectivity index (χ0) is 25.0. The second-order valence-corrected chi connectivity index (χ2v) is 11.6. The van der Waals surface area contributed by atoms with Gasteiger partial charge in [0.15, 0.2) is 0 Å². The Kier molecular flexibility index (Phi) is 5.85. The minimum atomic E-state index is -0.659. The van der Waals surface area contributed by atoms with E-state index >= 15 is 0 Å². The van der Waals surface area contributed by atoms with Gasteiger partial charge in [-0.05, 0) is 75.5 Å². The lowest BCUT2D eigenvalue weighted by atomic mass is 9.89. The predicted octanol–water partition coefficient (Wildman–Crippen LogP) is 5.30. The Bertz CT molecular complexity index is 1280. The van der Waals surface area contributed by atoms with Crippen molar-refractivity contribution in [2.45, 2.75) is 87.7 Å². The highest BCUT2D eigenvalue weighted by molar-refractivity contribution is 6.00. The zero-order valence-corrected chi connectivity index (χ0v) is 21.3. The molecule has 3 aromatic rings. The number of nitrogen functional groups attached to an aromatic ring is 1. The van der Waals surface area contributed by atoms with E-state index in [1.54, 1.807) is 6.33 Å². The van der Waals surface area contributed by atoms with Crippen molar-refractivity contribution < 1.29 is 13.9 Å². The monoisotopic (exact) mass is 505 g/mol. The van der Waals surface area contributed by atoms with Gasteiger partial charge in [0.05, 0.1) is 11.5 Å². The molecule has 4 fully saturated rings. The van der Waals surface area contributed by atoms with Crippen LogP contribution in [0.2, 0.25) is 0 Å². The molecule has 1 aliphatic carbocycles. The molecule has 2 bridgehead atoms. The van der Waals surface area contributed by atoms with Gasteiger partial charge in [0.1, 0.15) is 41.9 Å². The smallest absolute Gasteiger partial charge is 0.146 e. The van der Waals surface area contributed by atoms with Gasteiger partial charge in [-0.25, -0.2) is 14.4 Å². The Morgan fingerprint density at radius 1 is 1.05 bits per heavy atom. The summed E-state index contributed by atoms with van der Waals surface area (Å²) >= 11 is 0. The number of alkyl halides is 1. The lowest BCUT2D eigenvalue weighted by Gasteiger charge is -2.35. The first kappa shape index (κ1) is 23.4. The molecular weight excluding hydrogens is 469 g/mol. The standard InChI is InChI=1S/C29H36FN5O2/c30-20-10-13-34(15-20)21-4-6-22(7-5-21)35-16-25(26-27(31)32-18-33-28(26)35)19-2-1-3-24(14-19)36-17-29-11-8-23(37-29)9-12-29/h1-3,14,16,18,20-23H,4-13,15,17H2,(H2,31,32,33)/t20-,21-,22-,23?,29?/m1/s1. The van der Waals surface area contributed by atoms with Gasteiger partial charge in [-0.3, -0.25) is 4.90 Å². The topological polar surface area (TPSA) is 78.4 Å². The number of ether oxygens (including phenoxy) is 2. The highest BCUT2D eigenvalue weighted by atomic mass is 19.1. The van der Waals surface area contributed by atoms with E-state index in [2.05, 4.69) is 37.8 Å². The van der Waals surface area contributed by atoms with E-state index in [1.807, 2.05) is 12.1 Å². The van der Waals surface area contributed by atoms with Crippen molar-refractivity contribution in [3.8, 4) is 16.9 Å². The predicted molar refractivity (Wildman–Crippen MR) is 141 cm³/mol. The van der Waals surface area contributed by atoms with Gasteiger partial charge < -0.3 is 19.8 Å². The molecule has 0 amide bonds. The molecule has 1 atom stereocenters. The molecule has 3 saturated heterocycles. The lowest BCUT2D eigenvalue weighted by Crippen LogP contribution is -2.37. The van der Waals surface area contributed by atoms with Crippen LogP contribution < -0.4 is 10.5 Å². The normalized spacial score (nSPS) is 31.9.